The van der Waals surface area contributed by atoms with Crippen LogP contribution >= 0.6 is 37.2 Å². The second-order valence-corrected chi connectivity index (χ2v) is 1.15. The summed E-state index contributed by atoms with van der Waals surface area (Å²) in [6.45, 7) is 0. The van der Waals surface area contributed by atoms with Crippen LogP contribution in [-0.4, -0.2) is 17.6 Å². The van der Waals surface area contributed by atoms with E-state index in [1.165, 1.54) is 0 Å². The van der Waals surface area contributed by atoms with Crippen LogP contribution in [0.25, 0.3) is 0 Å². The summed E-state index contributed by atoms with van der Waals surface area (Å²) in [6.07, 6.45) is 0. The molecule has 1 aromatic rings. The van der Waals surface area contributed by atoms with Gasteiger partial charge in [0, 0.05) is 0 Å². The molecule has 0 aliphatic heterocycles. The van der Waals surface area contributed by atoms with E-state index >= 15 is 0 Å². The zero-order valence-corrected chi connectivity index (χ0v) is 7.14. The summed E-state index contributed by atoms with van der Waals surface area (Å²) in [5.74, 6) is 0. The first kappa shape index (κ1) is 22.4. The average Bonchev–Trinajstić information content (AvgIpc) is 1.72. The van der Waals surface area contributed by atoms with E-state index in [9.17, 15) is 0 Å². The maximum atomic E-state index is 2.00. The number of halogens is 3. The first-order chi connectivity index (χ1) is 3.00. The molecule has 1 aromatic carbocycles. The van der Waals surface area contributed by atoms with Crippen molar-refractivity contribution in [3.63, 3.8) is 0 Å². The molecular weight excluding hydrogens is 251 g/mol. The first-order valence-electron chi connectivity index (χ1n) is 2.00. The van der Waals surface area contributed by atoms with Gasteiger partial charge in [0.15, 0.2) is 0 Å². The molecule has 0 amide bonds. The summed E-state index contributed by atoms with van der Waals surface area (Å²) < 4.78 is 0. The van der Waals surface area contributed by atoms with E-state index in [2.05, 4.69) is 0 Å². The normalized spacial score (nSPS) is 4.80. The molecule has 0 spiro atoms. The van der Waals surface area contributed by atoms with Crippen molar-refractivity contribution in [2.75, 3.05) is 0 Å². The van der Waals surface area contributed by atoms with Crippen molar-refractivity contribution < 1.29 is 0 Å². The maximum absolute atomic E-state index is 2.00. The molecule has 0 atom stereocenters. The molecule has 0 heterocycles. The molecular formula is C6H13Cl3Ge. The zero-order chi connectivity index (χ0) is 4.24. The largest absolute Gasteiger partial charge is 0.0623 e. The Kier molecular flexibility index (Phi) is 36.6. The van der Waals surface area contributed by atoms with Crippen LogP contribution < -0.4 is 0 Å². The molecule has 0 aromatic heterocycles. The van der Waals surface area contributed by atoms with Crippen LogP contribution in [0.3, 0.4) is 0 Å². The van der Waals surface area contributed by atoms with Gasteiger partial charge in [0.2, 0.25) is 0 Å². The van der Waals surface area contributed by atoms with E-state index < -0.39 is 0 Å². The second-order valence-electron chi connectivity index (χ2n) is 1.15. The molecule has 0 fully saturated rings. The molecule has 1 rings (SSSR count). The summed E-state index contributed by atoms with van der Waals surface area (Å²) in [7, 11) is 0. The Bertz CT molecular complexity index is 84.9. The molecule has 10 heavy (non-hydrogen) atoms. The van der Waals surface area contributed by atoms with Gasteiger partial charge in [0.05, 0.1) is 0 Å². The van der Waals surface area contributed by atoms with Gasteiger partial charge < -0.3 is 0 Å². The molecule has 0 aliphatic carbocycles. The van der Waals surface area contributed by atoms with Gasteiger partial charge in [0.1, 0.15) is 0 Å². The third-order valence-electron chi connectivity index (χ3n) is 0.667. The van der Waals surface area contributed by atoms with E-state index in [0.717, 1.165) is 0 Å². The summed E-state index contributed by atoms with van der Waals surface area (Å²) in [4.78, 5) is 0. The molecule has 0 saturated carbocycles. The molecule has 0 bridgehead atoms. The Hall–Kier alpha value is 0.633. The van der Waals surface area contributed by atoms with Crippen LogP contribution in [0.4, 0.5) is 0 Å². The standard InChI is InChI=1S/C6H6.3ClH.GeH4/c1-2-4-6-5-3-1;;;;/h1-6H;3*1H;1H4. The predicted molar refractivity (Wildman–Crippen MR) is 59.5 cm³/mol. The molecule has 4 heteroatoms. The molecule has 0 saturated heterocycles. The quantitative estimate of drug-likeness (QED) is 0.623. The van der Waals surface area contributed by atoms with E-state index in [4.69, 9.17) is 0 Å². The Morgan fingerprint density at radius 3 is 0.600 bits per heavy atom. The summed E-state index contributed by atoms with van der Waals surface area (Å²) in [5.41, 5.74) is 0. The van der Waals surface area contributed by atoms with Gasteiger partial charge in [-0.05, 0) is 0 Å². The van der Waals surface area contributed by atoms with Gasteiger partial charge in [-0.3, -0.25) is 0 Å². The fourth-order valence-corrected chi connectivity index (χ4v) is 0.385. The van der Waals surface area contributed by atoms with Crippen LogP contribution in [0.2, 0.25) is 0 Å². The van der Waals surface area contributed by atoms with E-state index in [-0.39, 0.29) is 54.8 Å². The molecule has 0 nitrogen and oxygen atoms in total. The Labute approximate surface area is 91.0 Å². The van der Waals surface area contributed by atoms with Gasteiger partial charge in [-0.1, -0.05) is 36.4 Å². The second kappa shape index (κ2) is 16.3. The predicted octanol–water partition coefficient (Wildman–Crippen LogP) is 1.50. The topological polar surface area (TPSA) is 0 Å². The number of hydrogen-bond donors (Lipinski definition) is 0. The van der Waals surface area contributed by atoms with Crippen LogP contribution in [0.15, 0.2) is 36.4 Å². The van der Waals surface area contributed by atoms with Crippen molar-refractivity contribution in [1.82, 2.24) is 0 Å². The third kappa shape index (κ3) is 11.4. The van der Waals surface area contributed by atoms with Crippen molar-refractivity contribution in [1.29, 1.82) is 0 Å². The van der Waals surface area contributed by atoms with Crippen LogP contribution in [0.1, 0.15) is 0 Å². The Balaban J connectivity index is -0.0000000450. The van der Waals surface area contributed by atoms with Gasteiger partial charge in [-0.15, -0.1) is 37.2 Å². The SMILES string of the molecule is Cl.Cl.Cl.[GeH4].c1ccccc1. The van der Waals surface area contributed by atoms with Gasteiger partial charge in [-0.25, -0.2) is 0 Å². The van der Waals surface area contributed by atoms with Crippen molar-refractivity contribution in [3.05, 3.63) is 36.4 Å². The van der Waals surface area contributed by atoms with Crippen LogP contribution in [0.5, 0.6) is 0 Å². The van der Waals surface area contributed by atoms with Crippen LogP contribution in [-0.2, 0) is 0 Å². The molecule has 0 aliphatic rings. The van der Waals surface area contributed by atoms with Crippen molar-refractivity contribution in [2.24, 2.45) is 0 Å². The summed E-state index contributed by atoms with van der Waals surface area (Å²) in [6, 6.07) is 12.0. The Morgan fingerprint density at radius 2 is 0.500 bits per heavy atom. The van der Waals surface area contributed by atoms with E-state index in [0.29, 0.717) is 0 Å². The maximum Gasteiger partial charge on any atom is -0.0623 e. The zero-order valence-electron chi connectivity index (χ0n) is 4.69. The number of benzene rings is 1. The molecule has 62 valence electrons. The van der Waals surface area contributed by atoms with E-state index in [1.54, 1.807) is 0 Å². The van der Waals surface area contributed by atoms with Crippen LogP contribution in [0, 0.1) is 0 Å². The minimum absolute atomic E-state index is 0. The minimum Gasteiger partial charge on any atom is -0.0623 e. The molecule has 0 unspecified atom stereocenters. The number of rotatable bonds is 0. The van der Waals surface area contributed by atoms with Gasteiger partial charge >= 0.3 is 17.6 Å². The number of hydrogen-bond acceptors (Lipinski definition) is 0. The Morgan fingerprint density at radius 1 is 0.400 bits per heavy atom. The van der Waals surface area contributed by atoms with Crippen molar-refractivity contribution in [3.8, 4) is 0 Å². The van der Waals surface area contributed by atoms with Crippen molar-refractivity contribution in [2.45, 2.75) is 0 Å². The van der Waals surface area contributed by atoms with E-state index in [1.807, 2.05) is 36.4 Å². The smallest absolute Gasteiger partial charge is 0.0623 e. The summed E-state index contributed by atoms with van der Waals surface area (Å²) >= 11 is 0. The average molecular weight is 264 g/mol. The first-order valence-corrected chi connectivity index (χ1v) is 2.00. The fraction of sp³-hybridized carbons (Fsp3) is 0. The van der Waals surface area contributed by atoms with Gasteiger partial charge in [0.25, 0.3) is 0 Å². The minimum atomic E-state index is 0. The molecule has 0 radical (unpaired) electrons. The molecule has 0 N–H and O–H groups in total. The monoisotopic (exact) mass is 264 g/mol. The van der Waals surface area contributed by atoms with Crippen molar-refractivity contribution >= 4 is 54.8 Å². The van der Waals surface area contributed by atoms with Gasteiger partial charge in [-0.2, -0.15) is 0 Å². The third-order valence-corrected chi connectivity index (χ3v) is 0.667. The fourth-order valence-electron chi connectivity index (χ4n) is 0.385. The summed E-state index contributed by atoms with van der Waals surface area (Å²) in [5, 5.41) is 0.